The molecule has 0 amide bonds. The van der Waals surface area contributed by atoms with E-state index in [4.69, 9.17) is 0 Å². The molecule has 2 nitrogen and oxygen atoms in total. The van der Waals surface area contributed by atoms with E-state index < -0.39 is 0 Å². The summed E-state index contributed by atoms with van der Waals surface area (Å²) < 4.78 is 0. The second kappa shape index (κ2) is 8.64. The number of hydrogen-bond acceptors (Lipinski definition) is 3. The summed E-state index contributed by atoms with van der Waals surface area (Å²) >= 11 is 1.67. The monoisotopic (exact) mass is 357 g/mol. The van der Waals surface area contributed by atoms with Crippen molar-refractivity contribution >= 4 is 29.5 Å². The first-order chi connectivity index (χ1) is 10.3. The second-order valence-corrected chi connectivity index (χ2v) is 8.99. The van der Waals surface area contributed by atoms with Crippen LogP contribution in [0.2, 0.25) is 0 Å². The molecule has 1 aliphatic rings. The summed E-state index contributed by atoms with van der Waals surface area (Å²) in [6.45, 7) is 9.57. The SMILES string of the molecule is CC(CN(C)C1CCCCC1)C(=O)c1ccc(C(C)(C)C)s1.Cl. The molecule has 0 radical (unpaired) electrons. The lowest BCUT2D eigenvalue weighted by Gasteiger charge is -2.32. The fourth-order valence-corrected chi connectivity index (χ4v) is 4.42. The Labute approximate surface area is 152 Å². The van der Waals surface area contributed by atoms with E-state index in [1.54, 1.807) is 11.3 Å². The highest BCUT2D eigenvalue weighted by atomic mass is 35.5. The Morgan fingerprint density at radius 1 is 1.26 bits per heavy atom. The van der Waals surface area contributed by atoms with Crippen molar-refractivity contribution in [1.82, 2.24) is 4.90 Å². The summed E-state index contributed by atoms with van der Waals surface area (Å²) in [5.41, 5.74) is 0.130. The lowest BCUT2D eigenvalue weighted by atomic mass is 9.93. The number of carbonyl (C=O) groups excluding carboxylic acids is 1. The van der Waals surface area contributed by atoms with Gasteiger partial charge in [-0.1, -0.05) is 47.0 Å². The van der Waals surface area contributed by atoms with Crippen LogP contribution < -0.4 is 0 Å². The molecule has 1 aromatic rings. The van der Waals surface area contributed by atoms with Gasteiger partial charge in [0.1, 0.15) is 0 Å². The van der Waals surface area contributed by atoms with E-state index in [1.807, 2.05) is 6.07 Å². The van der Waals surface area contributed by atoms with Gasteiger partial charge in [0.15, 0.2) is 5.78 Å². The average molecular weight is 358 g/mol. The average Bonchev–Trinajstić information content (AvgIpc) is 2.97. The van der Waals surface area contributed by atoms with Gasteiger partial charge in [0, 0.05) is 23.4 Å². The van der Waals surface area contributed by atoms with Gasteiger partial charge < -0.3 is 4.90 Å². The van der Waals surface area contributed by atoms with Crippen LogP contribution in [0.15, 0.2) is 12.1 Å². The Balaban J connectivity index is 0.00000264. The first-order valence-corrected chi connectivity index (χ1v) is 9.45. The van der Waals surface area contributed by atoms with Crippen molar-refractivity contribution < 1.29 is 4.79 Å². The zero-order valence-corrected chi connectivity index (χ0v) is 16.9. The molecule has 1 unspecified atom stereocenters. The van der Waals surface area contributed by atoms with Gasteiger partial charge in [0.25, 0.3) is 0 Å². The van der Waals surface area contributed by atoms with Gasteiger partial charge in [-0.25, -0.2) is 0 Å². The first kappa shape index (κ1) is 20.7. The quantitative estimate of drug-likeness (QED) is 0.644. The van der Waals surface area contributed by atoms with Crippen LogP contribution in [-0.4, -0.2) is 30.3 Å². The zero-order chi connectivity index (χ0) is 16.3. The van der Waals surface area contributed by atoms with Gasteiger partial charge in [0.05, 0.1) is 4.88 Å². The van der Waals surface area contributed by atoms with Gasteiger partial charge in [-0.3, -0.25) is 4.79 Å². The van der Waals surface area contributed by atoms with Crippen molar-refractivity contribution in [2.24, 2.45) is 5.92 Å². The summed E-state index contributed by atoms with van der Waals surface area (Å²) in [4.78, 5) is 17.3. The molecule has 0 spiro atoms. The molecule has 0 aromatic carbocycles. The summed E-state index contributed by atoms with van der Waals surface area (Å²) in [7, 11) is 2.19. The van der Waals surface area contributed by atoms with Crippen molar-refractivity contribution in [2.75, 3.05) is 13.6 Å². The third-order valence-electron chi connectivity index (χ3n) is 4.80. The van der Waals surface area contributed by atoms with E-state index in [2.05, 4.69) is 45.7 Å². The molecule has 1 fully saturated rings. The van der Waals surface area contributed by atoms with Crippen LogP contribution in [0.1, 0.15) is 74.3 Å². The van der Waals surface area contributed by atoms with Crippen molar-refractivity contribution in [2.45, 2.75) is 71.3 Å². The zero-order valence-electron chi connectivity index (χ0n) is 15.2. The molecular weight excluding hydrogens is 326 g/mol. The fraction of sp³-hybridized carbons (Fsp3) is 0.737. The Morgan fingerprint density at radius 2 is 1.87 bits per heavy atom. The predicted molar refractivity (Wildman–Crippen MR) is 103 cm³/mol. The van der Waals surface area contributed by atoms with E-state index in [9.17, 15) is 4.79 Å². The lowest BCUT2D eigenvalue weighted by molar-refractivity contribution is 0.0876. The maximum atomic E-state index is 12.7. The minimum Gasteiger partial charge on any atom is -0.303 e. The van der Waals surface area contributed by atoms with Crippen LogP contribution in [0, 0.1) is 5.92 Å². The molecule has 0 bridgehead atoms. The van der Waals surface area contributed by atoms with Crippen molar-refractivity contribution in [3.05, 3.63) is 21.9 Å². The van der Waals surface area contributed by atoms with Gasteiger partial charge >= 0.3 is 0 Å². The number of hydrogen-bond donors (Lipinski definition) is 0. The molecule has 1 aliphatic carbocycles. The highest BCUT2D eigenvalue weighted by Crippen LogP contribution is 2.31. The van der Waals surface area contributed by atoms with Gasteiger partial charge in [0.2, 0.25) is 0 Å². The lowest BCUT2D eigenvalue weighted by Crippen LogP contribution is -2.38. The number of thiophene rings is 1. The number of rotatable bonds is 5. The highest BCUT2D eigenvalue weighted by molar-refractivity contribution is 7.14. The van der Waals surface area contributed by atoms with Crippen LogP contribution in [0.3, 0.4) is 0 Å². The van der Waals surface area contributed by atoms with E-state index in [1.165, 1.54) is 37.0 Å². The summed E-state index contributed by atoms with van der Waals surface area (Å²) in [6, 6.07) is 4.82. The third kappa shape index (κ3) is 5.58. The molecule has 1 atom stereocenters. The normalized spacial score (nSPS) is 17.8. The van der Waals surface area contributed by atoms with Crippen molar-refractivity contribution in [1.29, 1.82) is 0 Å². The van der Waals surface area contributed by atoms with Crippen molar-refractivity contribution in [3.8, 4) is 0 Å². The molecule has 0 aliphatic heterocycles. The summed E-state index contributed by atoms with van der Waals surface area (Å²) in [5, 5.41) is 0. The van der Waals surface area contributed by atoms with Crippen LogP contribution in [0.4, 0.5) is 0 Å². The van der Waals surface area contributed by atoms with Crippen molar-refractivity contribution in [3.63, 3.8) is 0 Å². The summed E-state index contributed by atoms with van der Waals surface area (Å²) in [6.07, 6.45) is 6.66. The van der Waals surface area contributed by atoms with Gasteiger partial charge in [-0.2, -0.15) is 0 Å². The maximum absolute atomic E-state index is 12.7. The second-order valence-electron chi connectivity index (χ2n) is 7.91. The third-order valence-corrected chi connectivity index (χ3v) is 6.32. The van der Waals surface area contributed by atoms with E-state index >= 15 is 0 Å². The molecule has 4 heteroatoms. The largest absolute Gasteiger partial charge is 0.303 e. The molecule has 132 valence electrons. The van der Waals surface area contributed by atoms with Crippen LogP contribution in [0.25, 0.3) is 0 Å². The standard InChI is InChI=1S/C19H31NOS.ClH/c1-14(13-20(5)15-9-7-6-8-10-15)18(21)16-11-12-17(22-16)19(2,3)4;/h11-12,14-15H,6-10,13H2,1-5H3;1H. The Kier molecular flexibility index (Phi) is 7.76. The smallest absolute Gasteiger partial charge is 0.176 e. The Morgan fingerprint density at radius 3 is 2.39 bits per heavy atom. The van der Waals surface area contributed by atoms with Crippen LogP contribution in [0.5, 0.6) is 0 Å². The minimum absolute atomic E-state index is 0. The Hall–Kier alpha value is -0.380. The molecule has 0 saturated heterocycles. The number of halogens is 1. The molecule has 23 heavy (non-hydrogen) atoms. The molecule has 0 N–H and O–H groups in total. The minimum atomic E-state index is 0. The first-order valence-electron chi connectivity index (χ1n) is 8.64. The molecule has 2 rings (SSSR count). The van der Waals surface area contributed by atoms with E-state index in [0.29, 0.717) is 11.8 Å². The maximum Gasteiger partial charge on any atom is 0.176 e. The number of nitrogens with zero attached hydrogens (tertiary/aromatic N) is 1. The molecule has 1 saturated carbocycles. The summed E-state index contributed by atoms with van der Waals surface area (Å²) in [5.74, 6) is 0.390. The van der Waals surface area contributed by atoms with Gasteiger partial charge in [-0.15, -0.1) is 23.7 Å². The Bertz CT molecular complexity index is 500. The number of Topliss-reactive ketones (excluding diaryl/α,β-unsaturated/α-hetero) is 1. The molecule has 1 aromatic heterocycles. The predicted octanol–water partition coefficient (Wildman–Crippen LogP) is 5.55. The topological polar surface area (TPSA) is 20.3 Å². The highest BCUT2D eigenvalue weighted by Gasteiger charge is 2.25. The van der Waals surface area contributed by atoms with Crippen LogP contribution in [-0.2, 0) is 5.41 Å². The number of ketones is 1. The van der Waals surface area contributed by atoms with E-state index in [0.717, 1.165) is 11.4 Å². The van der Waals surface area contributed by atoms with Crippen LogP contribution >= 0.6 is 23.7 Å². The van der Waals surface area contributed by atoms with E-state index in [-0.39, 0.29) is 23.7 Å². The molecular formula is C19H32ClNOS. The van der Waals surface area contributed by atoms with Gasteiger partial charge in [-0.05, 0) is 37.4 Å². The molecule has 1 heterocycles. The number of carbonyl (C=O) groups is 1. The fourth-order valence-electron chi connectivity index (χ4n) is 3.30.